The average Bonchev–Trinajstić information content (AvgIpc) is 2.96. The average molecular weight is 289 g/mol. The Kier molecular flexibility index (Phi) is 4.08. The number of nitrogens with two attached hydrogens (primary N) is 1. The van der Waals surface area contributed by atoms with Crippen LogP contribution < -0.4 is 10.5 Å². The molecule has 1 fully saturated rings. The summed E-state index contributed by atoms with van der Waals surface area (Å²) in [5.74, 6) is -0.238. The molecule has 21 heavy (non-hydrogen) atoms. The zero-order chi connectivity index (χ0) is 14.7. The molecule has 5 heteroatoms. The van der Waals surface area contributed by atoms with Crippen LogP contribution in [-0.2, 0) is 6.61 Å². The second-order valence-corrected chi connectivity index (χ2v) is 5.56. The highest BCUT2D eigenvalue weighted by atomic mass is 19.1. The highest BCUT2D eigenvalue weighted by Crippen LogP contribution is 2.27. The highest BCUT2D eigenvalue weighted by Gasteiger charge is 2.16. The van der Waals surface area contributed by atoms with Crippen molar-refractivity contribution < 1.29 is 9.13 Å². The third-order valence-corrected chi connectivity index (χ3v) is 3.94. The molecule has 3 rings (SSSR count). The van der Waals surface area contributed by atoms with Gasteiger partial charge in [-0.2, -0.15) is 5.10 Å². The van der Waals surface area contributed by atoms with Crippen molar-refractivity contribution in [3.8, 4) is 5.75 Å². The van der Waals surface area contributed by atoms with Crippen molar-refractivity contribution in [2.45, 2.75) is 44.8 Å². The Morgan fingerprint density at radius 1 is 1.24 bits per heavy atom. The molecular formula is C16H20FN3O. The summed E-state index contributed by atoms with van der Waals surface area (Å²) in [4.78, 5) is 0. The van der Waals surface area contributed by atoms with Gasteiger partial charge in [-0.1, -0.05) is 19.3 Å². The molecule has 4 nitrogen and oxygen atoms in total. The zero-order valence-corrected chi connectivity index (χ0v) is 12.0. The first-order valence-electron chi connectivity index (χ1n) is 7.44. The van der Waals surface area contributed by atoms with Crippen LogP contribution in [0.4, 0.5) is 10.1 Å². The van der Waals surface area contributed by atoms with Crippen LogP contribution in [0.5, 0.6) is 5.75 Å². The van der Waals surface area contributed by atoms with Gasteiger partial charge in [-0.15, -0.1) is 0 Å². The van der Waals surface area contributed by atoms with Crippen molar-refractivity contribution in [3.05, 3.63) is 42.0 Å². The minimum Gasteiger partial charge on any atom is -0.484 e. The molecule has 0 spiro atoms. The molecule has 1 saturated carbocycles. The Bertz CT molecular complexity index is 605. The van der Waals surface area contributed by atoms with E-state index in [9.17, 15) is 4.39 Å². The molecule has 1 aliphatic carbocycles. The van der Waals surface area contributed by atoms with Gasteiger partial charge < -0.3 is 10.5 Å². The number of nitrogens with zero attached hydrogens (tertiary/aromatic N) is 2. The standard InChI is InChI=1S/C16H20FN3O/c17-15-10-12(18)6-7-16(15)21-11-13-8-9-20(19-13)14-4-2-1-3-5-14/h6-10,14H,1-5,11,18H2. The fourth-order valence-electron chi connectivity index (χ4n) is 2.79. The molecule has 0 saturated heterocycles. The van der Waals surface area contributed by atoms with Crippen LogP contribution in [-0.4, -0.2) is 9.78 Å². The van der Waals surface area contributed by atoms with Gasteiger partial charge >= 0.3 is 0 Å². The van der Waals surface area contributed by atoms with Crippen molar-refractivity contribution in [1.82, 2.24) is 9.78 Å². The van der Waals surface area contributed by atoms with Crippen LogP contribution in [0.3, 0.4) is 0 Å². The van der Waals surface area contributed by atoms with Crippen LogP contribution in [0, 0.1) is 5.82 Å². The van der Waals surface area contributed by atoms with Crippen molar-refractivity contribution in [3.63, 3.8) is 0 Å². The number of anilines is 1. The molecule has 0 radical (unpaired) electrons. The summed E-state index contributed by atoms with van der Waals surface area (Å²) in [6.07, 6.45) is 8.24. The Hall–Kier alpha value is -2.04. The Morgan fingerprint density at radius 3 is 2.81 bits per heavy atom. The normalized spacial score (nSPS) is 16.0. The number of rotatable bonds is 4. The minimum absolute atomic E-state index is 0.205. The lowest BCUT2D eigenvalue weighted by atomic mass is 9.96. The van der Waals surface area contributed by atoms with E-state index < -0.39 is 5.82 Å². The molecule has 2 N–H and O–H groups in total. The predicted octanol–water partition coefficient (Wildman–Crippen LogP) is 3.69. The first-order chi connectivity index (χ1) is 10.2. The number of benzene rings is 1. The summed E-state index contributed by atoms with van der Waals surface area (Å²) in [5, 5.41) is 4.54. The van der Waals surface area contributed by atoms with E-state index >= 15 is 0 Å². The lowest BCUT2D eigenvalue weighted by molar-refractivity contribution is 0.279. The third kappa shape index (κ3) is 3.35. The predicted molar refractivity (Wildman–Crippen MR) is 79.5 cm³/mol. The van der Waals surface area contributed by atoms with Crippen LogP contribution in [0.1, 0.15) is 43.8 Å². The summed E-state index contributed by atoms with van der Waals surface area (Å²) in [6.45, 7) is 0.264. The van der Waals surface area contributed by atoms with E-state index in [2.05, 4.69) is 5.10 Å². The van der Waals surface area contributed by atoms with Gasteiger partial charge in [0.15, 0.2) is 11.6 Å². The molecule has 2 aromatic rings. The molecule has 0 aliphatic heterocycles. The summed E-state index contributed by atoms with van der Waals surface area (Å²) in [5.41, 5.74) is 6.72. The summed E-state index contributed by atoms with van der Waals surface area (Å²) in [7, 11) is 0. The van der Waals surface area contributed by atoms with Crippen molar-refractivity contribution >= 4 is 5.69 Å². The number of ether oxygens (including phenoxy) is 1. The van der Waals surface area contributed by atoms with E-state index in [1.807, 2.05) is 16.9 Å². The molecule has 0 amide bonds. The monoisotopic (exact) mass is 289 g/mol. The molecule has 0 bridgehead atoms. The second-order valence-electron chi connectivity index (χ2n) is 5.56. The Morgan fingerprint density at radius 2 is 2.05 bits per heavy atom. The molecule has 0 atom stereocenters. The SMILES string of the molecule is Nc1ccc(OCc2ccn(C3CCCCC3)n2)c(F)c1. The molecular weight excluding hydrogens is 269 g/mol. The quantitative estimate of drug-likeness (QED) is 0.873. The fraction of sp³-hybridized carbons (Fsp3) is 0.438. The van der Waals surface area contributed by atoms with E-state index in [0.717, 1.165) is 5.69 Å². The van der Waals surface area contributed by atoms with Crippen LogP contribution in [0.2, 0.25) is 0 Å². The summed E-state index contributed by atoms with van der Waals surface area (Å²) < 4.78 is 21.1. The van der Waals surface area contributed by atoms with E-state index in [-0.39, 0.29) is 12.4 Å². The van der Waals surface area contributed by atoms with Crippen LogP contribution in [0.25, 0.3) is 0 Å². The highest BCUT2D eigenvalue weighted by molar-refractivity contribution is 5.42. The van der Waals surface area contributed by atoms with Gasteiger partial charge in [-0.3, -0.25) is 4.68 Å². The second kappa shape index (κ2) is 6.16. The maximum Gasteiger partial charge on any atom is 0.167 e. The molecule has 112 valence electrons. The smallest absolute Gasteiger partial charge is 0.167 e. The van der Waals surface area contributed by atoms with E-state index in [4.69, 9.17) is 10.5 Å². The molecule has 1 aromatic carbocycles. The topological polar surface area (TPSA) is 53.1 Å². The van der Waals surface area contributed by atoms with E-state index in [1.165, 1.54) is 38.2 Å². The Labute approximate surface area is 123 Å². The zero-order valence-electron chi connectivity index (χ0n) is 12.0. The van der Waals surface area contributed by atoms with Gasteiger partial charge in [0.25, 0.3) is 0 Å². The number of nitrogen functional groups attached to an aromatic ring is 1. The van der Waals surface area contributed by atoms with E-state index in [1.54, 1.807) is 12.1 Å². The fourth-order valence-corrected chi connectivity index (χ4v) is 2.79. The van der Waals surface area contributed by atoms with Crippen molar-refractivity contribution in [1.29, 1.82) is 0 Å². The number of hydrogen-bond acceptors (Lipinski definition) is 3. The van der Waals surface area contributed by atoms with Crippen molar-refractivity contribution in [2.24, 2.45) is 0 Å². The number of halogens is 1. The van der Waals surface area contributed by atoms with Gasteiger partial charge in [0.2, 0.25) is 0 Å². The first-order valence-corrected chi connectivity index (χ1v) is 7.44. The number of hydrogen-bond donors (Lipinski definition) is 1. The van der Waals surface area contributed by atoms with Gasteiger partial charge in [-0.05, 0) is 31.0 Å². The lowest BCUT2D eigenvalue weighted by Crippen LogP contribution is -2.13. The van der Waals surface area contributed by atoms with Gasteiger partial charge in [0.05, 0.1) is 11.7 Å². The number of aromatic nitrogens is 2. The molecule has 0 unspecified atom stereocenters. The maximum atomic E-state index is 13.6. The van der Waals surface area contributed by atoms with Gasteiger partial charge in [0, 0.05) is 18.0 Å². The van der Waals surface area contributed by atoms with Gasteiger partial charge in [-0.25, -0.2) is 4.39 Å². The minimum atomic E-state index is -0.443. The molecule has 1 aromatic heterocycles. The summed E-state index contributed by atoms with van der Waals surface area (Å²) in [6, 6.07) is 6.86. The molecule has 1 heterocycles. The third-order valence-electron chi connectivity index (χ3n) is 3.94. The summed E-state index contributed by atoms with van der Waals surface area (Å²) >= 11 is 0. The lowest BCUT2D eigenvalue weighted by Gasteiger charge is -2.21. The first kappa shape index (κ1) is 13.9. The van der Waals surface area contributed by atoms with Crippen LogP contribution in [0.15, 0.2) is 30.5 Å². The largest absolute Gasteiger partial charge is 0.484 e. The maximum absolute atomic E-state index is 13.6. The Balaban J connectivity index is 1.61. The van der Waals surface area contributed by atoms with Crippen LogP contribution >= 0.6 is 0 Å². The van der Waals surface area contributed by atoms with E-state index in [0.29, 0.717) is 11.7 Å². The van der Waals surface area contributed by atoms with Crippen molar-refractivity contribution in [2.75, 3.05) is 5.73 Å². The molecule has 1 aliphatic rings. The van der Waals surface area contributed by atoms with Gasteiger partial charge in [0.1, 0.15) is 6.61 Å².